The lowest BCUT2D eigenvalue weighted by atomic mass is 10.2. The highest BCUT2D eigenvalue weighted by atomic mass is 32.2. The molecule has 0 saturated carbocycles. The maximum absolute atomic E-state index is 4.25. The third-order valence-corrected chi connectivity index (χ3v) is 4.05. The van der Waals surface area contributed by atoms with Crippen molar-refractivity contribution in [3.8, 4) is 0 Å². The first-order valence-corrected chi connectivity index (χ1v) is 6.26. The number of rotatable bonds is 3. The van der Waals surface area contributed by atoms with Gasteiger partial charge >= 0.3 is 0 Å². The second-order valence-corrected chi connectivity index (χ2v) is 5.13. The van der Waals surface area contributed by atoms with Crippen LogP contribution in [0.1, 0.15) is 20.3 Å². The highest BCUT2D eigenvalue weighted by Crippen LogP contribution is 2.28. The summed E-state index contributed by atoms with van der Waals surface area (Å²) in [5, 5.41) is 8.54. The SMILES string of the molecule is CCn1nccc1NC1CCSC1C. The molecule has 2 unspecified atom stereocenters. The molecule has 78 valence electrons. The number of nitrogens with zero attached hydrogens (tertiary/aromatic N) is 2. The van der Waals surface area contributed by atoms with E-state index in [-0.39, 0.29) is 0 Å². The van der Waals surface area contributed by atoms with Crippen LogP contribution in [-0.4, -0.2) is 26.8 Å². The van der Waals surface area contributed by atoms with E-state index >= 15 is 0 Å². The first-order valence-electron chi connectivity index (χ1n) is 5.21. The molecule has 1 aromatic heterocycles. The van der Waals surface area contributed by atoms with Gasteiger partial charge in [-0.3, -0.25) is 4.68 Å². The predicted octanol–water partition coefficient (Wildman–Crippen LogP) is 2.21. The zero-order valence-corrected chi connectivity index (χ0v) is 9.55. The highest BCUT2D eigenvalue weighted by Gasteiger charge is 2.24. The molecule has 2 heterocycles. The van der Waals surface area contributed by atoms with Crippen LogP contribution in [0, 0.1) is 0 Å². The maximum Gasteiger partial charge on any atom is 0.124 e. The number of nitrogens with one attached hydrogen (secondary N) is 1. The summed E-state index contributed by atoms with van der Waals surface area (Å²) in [5.74, 6) is 2.44. The fraction of sp³-hybridized carbons (Fsp3) is 0.700. The molecule has 1 saturated heterocycles. The second-order valence-electron chi connectivity index (χ2n) is 3.65. The monoisotopic (exact) mass is 211 g/mol. The summed E-state index contributed by atoms with van der Waals surface area (Å²) in [7, 11) is 0. The molecule has 0 aromatic carbocycles. The van der Waals surface area contributed by atoms with Gasteiger partial charge in [-0.1, -0.05) is 6.92 Å². The Kier molecular flexibility index (Phi) is 3.01. The van der Waals surface area contributed by atoms with Crippen LogP contribution in [0.2, 0.25) is 0 Å². The molecule has 1 N–H and O–H groups in total. The molecule has 0 radical (unpaired) electrons. The van der Waals surface area contributed by atoms with Crippen molar-refractivity contribution in [1.82, 2.24) is 9.78 Å². The van der Waals surface area contributed by atoms with Crippen molar-refractivity contribution in [3.63, 3.8) is 0 Å². The van der Waals surface area contributed by atoms with Crippen LogP contribution in [0.25, 0.3) is 0 Å². The van der Waals surface area contributed by atoms with E-state index in [4.69, 9.17) is 0 Å². The largest absolute Gasteiger partial charge is 0.366 e. The van der Waals surface area contributed by atoms with Gasteiger partial charge in [0.05, 0.1) is 6.20 Å². The van der Waals surface area contributed by atoms with E-state index in [1.54, 1.807) is 0 Å². The lowest BCUT2D eigenvalue weighted by molar-refractivity contribution is 0.643. The van der Waals surface area contributed by atoms with E-state index in [9.17, 15) is 0 Å². The molecule has 1 aliphatic heterocycles. The molecule has 1 aromatic rings. The van der Waals surface area contributed by atoms with Gasteiger partial charge in [-0.25, -0.2) is 0 Å². The van der Waals surface area contributed by atoms with Gasteiger partial charge in [-0.2, -0.15) is 16.9 Å². The van der Waals surface area contributed by atoms with Gasteiger partial charge in [0.15, 0.2) is 0 Å². The molecule has 14 heavy (non-hydrogen) atoms. The number of thioether (sulfide) groups is 1. The summed E-state index contributed by atoms with van der Waals surface area (Å²) >= 11 is 2.05. The van der Waals surface area contributed by atoms with Gasteiger partial charge in [0, 0.05) is 23.9 Å². The van der Waals surface area contributed by atoms with Crippen molar-refractivity contribution in [1.29, 1.82) is 0 Å². The van der Waals surface area contributed by atoms with Gasteiger partial charge in [0.25, 0.3) is 0 Å². The molecule has 2 rings (SSSR count). The number of hydrogen-bond donors (Lipinski definition) is 1. The summed E-state index contributed by atoms with van der Waals surface area (Å²) in [6.45, 7) is 5.34. The minimum absolute atomic E-state index is 0.613. The molecular weight excluding hydrogens is 194 g/mol. The Labute approximate surface area is 89.3 Å². The third-order valence-electron chi connectivity index (χ3n) is 2.73. The van der Waals surface area contributed by atoms with Gasteiger partial charge < -0.3 is 5.32 Å². The van der Waals surface area contributed by atoms with E-state index in [1.807, 2.05) is 22.6 Å². The molecular formula is C10H17N3S. The smallest absolute Gasteiger partial charge is 0.124 e. The minimum Gasteiger partial charge on any atom is -0.366 e. The van der Waals surface area contributed by atoms with Crippen molar-refractivity contribution in [2.45, 2.75) is 38.1 Å². The van der Waals surface area contributed by atoms with Crippen molar-refractivity contribution in [3.05, 3.63) is 12.3 Å². The summed E-state index contributed by atoms with van der Waals surface area (Å²) in [4.78, 5) is 0. The fourth-order valence-electron chi connectivity index (χ4n) is 1.82. The number of aryl methyl sites for hydroxylation is 1. The molecule has 2 atom stereocenters. The Hall–Kier alpha value is -0.640. The van der Waals surface area contributed by atoms with Crippen LogP contribution in [0.3, 0.4) is 0 Å². The predicted molar refractivity (Wildman–Crippen MR) is 61.8 cm³/mol. The second kappa shape index (κ2) is 4.26. The van der Waals surface area contributed by atoms with E-state index in [0.29, 0.717) is 6.04 Å². The fourth-order valence-corrected chi connectivity index (χ4v) is 3.02. The van der Waals surface area contributed by atoms with Crippen molar-refractivity contribution >= 4 is 17.6 Å². The molecule has 0 bridgehead atoms. The van der Waals surface area contributed by atoms with Crippen molar-refractivity contribution in [2.24, 2.45) is 0 Å². The third kappa shape index (κ3) is 1.90. The lowest BCUT2D eigenvalue weighted by Crippen LogP contribution is -2.26. The molecule has 3 nitrogen and oxygen atoms in total. The van der Waals surface area contributed by atoms with Crippen LogP contribution < -0.4 is 5.32 Å². The molecule has 4 heteroatoms. The van der Waals surface area contributed by atoms with Gasteiger partial charge in [-0.05, 0) is 19.1 Å². The Morgan fingerprint density at radius 1 is 1.71 bits per heavy atom. The van der Waals surface area contributed by atoms with Crippen LogP contribution in [0.15, 0.2) is 12.3 Å². The number of hydrogen-bond acceptors (Lipinski definition) is 3. The Bertz CT molecular complexity index is 297. The molecule has 1 fully saturated rings. The van der Waals surface area contributed by atoms with Crippen LogP contribution in [0.4, 0.5) is 5.82 Å². The van der Waals surface area contributed by atoms with Crippen LogP contribution in [0.5, 0.6) is 0 Å². The standard InChI is InChI=1S/C10H17N3S/c1-3-13-10(4-6-11-13)12-9-5-7-14-8(9)2/h4,6,8-9,12H,3,5,7H2,1-2H3. The molecule has 0 spiro atoms. The quantitative estimate of drug-likeness (QED) is 0.831. The van der Waals surface area contributed by atoms with Gasteiger partial charge in [0.2, 0.25) is 0 Å². The highest BCUT2D eigenvalue weighted by molar-refractivity contribution is 8.00. The Balaban J connectivity index is 2.02. The van der Waals surface area contributed by atoms with Crippen LogP contribution in [-0.2, 0) is 6.54 Å². The minimum atomic E-state index is 0.613. The zero-order valence-electron chi connectivity index (χ0n) is 8.73. The summed E-state index contributed by atoms with van der Waals surface area (Å²) in [6, 6.07) is 2.67. The zero-order chi connectivity index (χ0) is 9.97. The molecule has 0 amide bonds. The summed E-state index contributed by atoms with van der Waals surface area (Å²) in [6.07, 6.45) is 3.12. The average molecular weight is 211 g/mol. The maximum atomic E-state index is 4.25. The van der Waals surface area contributed by atoms with E-state index in [1.165, 1.54) is 12.2 Å². The van der Waals surface area contributed by atoms with Crippen molar-refractivity contribution < 1.29 is 0 Å². The average Bonchev–Trinajstić information content (AvgIpc) is 2.77. The number of aromatic nitrogens is 2. The van der Waals surface area contributed by atoms with Gasteiger partial charge in [0.1, 0.15) is 5.82 Å². The normalized spacial score (nSPS) is 26.7. The Morgan fingerprint density at radius 3 is 3.21 bits per heavy atom. The Morgan fingerprint density at radius 2 is 2.57 bits per heavy atom. The topological polar surface area (TPSA) is 29.9 Å². The van der Waals surface area contributed by atoms with E-state index in [0.717, 1.165) is 17.6 Å². The van der Waals surface area contributed by atoms with E-state index in [2.05, 4.69) is 30.3 Å². The summed E-state index contributed by atoms with van der Waals surface area (Å²) in [5.41, 5.74) is 0. The lowest BCUT2D eigenvalue weighted by Gasteiger charge is -2.18. The molecule has 0 aliphatic carbocycles. The molecule has 1 aliphatic rings. The van der Waals surface area contributed by atoms with E-state index < -0.39 is 0 Å². The van der Waals surface area contributed by atoms with Gasteiger partial charge in [-0.15, -0.1) is 0 Å². The summed E-state index contributed by atoms with van der Waals surface area (Å²) < 4.78 is 2.01. The number of anilines is 1. The van der Waals surface area contributed by atoms with Crippen LogP contribution >= 0.6 is 11.8 Å². The van der Waals surface area contributed by atoms with Crippen molar-refractivity contribution in [2.75, 3.05) is 11.1 Å². The first kappa shape index (κ1) is 9.90. The first-order chi connectivity index (χ1) is 6.81.